The van der Waals surface area contributed by atoms with Crippen molar-refractivity contribution >= 4 is 23.3 Å². The number of hydrogen-bond acceptors (Lipinski definition) is 4. The zero-order chi connectivity index (χ0) is 17.2. The number of pyridine rings is 1. The first kappa shape index (κ1) is 15.8. The lowest BCUT2D eigenvalue weighted by Crippen LogP contribution is -2.30. The summed E-state index contributed by atoms with van der Waals surface area (Å²) in [6.07, 6.45) is 4.68. The Morgan fingerprint density at radius 3 is 2.72 bits per heavy atom. The lowest BCUT2D eigenvalue weighted by atomic mass is 9.88. The lowest BCUT2D eigenvalue weighted by molar-refractivity contribution is -0.121. The molecule has 2 aliphatic rings. The van der Waals surface area contributed by atoms with Gasteiger partial charge >= 0.3 is 0 Å². The van der Waals surface area contributed by atoms with Crippen LogP contribution in [0, 0.1) is 5.92 Å². The number of ether oxygens (including phenoxy) is 1. The van der Waals surface area contributed by atoms with Crippen LogP contribution in [0.25, 0.3) is 0 Å². The highest BCUT2D eigenvalue weighted by molar-refractivity contribution is 6.05. The molecule has 0 spiro atoms. The average Bonchev–Trinajstić information content (AvgIpc) is 3.26. The lowest BCUT2D eigenvalue weighted by Gasteiger charge is -2.18. The molecule has 6 heteroatoms. The van der Waals surface area contributed by atoms with E-state index in [2.05, 4.69) is 15.6 Å². The van der Waals surface area contributed by atoms with Crippen molar-refractivity contribution in [3.63, 3.8) is 0 Å². The molecule has 2 bridgehead atoms. The van der Waals surface area contributed by atoms with E-state index in [1.54, 1.807) is 48.7 Å². The molecular weight excluding hydrogens is 318 g/mol. The molecule has 0 radical (unpaired) electrons. The highest BCUT2D eigenvalue weighted by Crippen LogP contribution is 2.39. The van der Waals surface area contributed by atoms with Crippen molar-refractivity contribution in [1.82, 2.24) is 4.98 Å². The minimum atomic E-state index is -0.266. The molecule has 2 fully saturated rings. The summed E-state index contributed by atoms with van der Waals surface area (Å²) < 4.78 is 5.74. The number of aromatic nitrogens is 1. The van der Waals surface area contributed by atoms with Gasteiger partial charge in [-0.25, -0.2) is 4.98 Å². The van der Waals surface area contributed by atoms with E-state index < -0.39 is 0 Å². The summed E-state index contributed by atoms with van der Waals surface area (Å²) in [4.78, 5) is 28.9. The summed E-state index contributed by atoms with van der Waals surface area (Å²) in [5.74, 6) is 0.0957. The van der Waals surface area contributed by atoms with Gasteiger partial charge < -0.3 is 15.4 Å². The molecule has 128 valence electrons. The van der Waals surface area contributed by atoms with Crippen molar-refractivity contribution < 1.29 is 14.3 Å². The highest BCUT2D eigenvalue weighted by Gasteiger charge is 2.44. The van der Waals surface area contributed by atoms with E-state index in [4.69, 9.17) is 4.74 Å². The Morgan fingerprint density at radius 2 is 2.00 bits per heavy atom. The Kier molecular flexibility index (Phi) is 4.19. The van der Waals surface area contributed by atoms with Gasteiger partial charge in [-0.15, -0.1) is 0 Å². The Hall–Kier alpha value is -2.73. The predicted molar refractivity (Wildman–Crippen MR) is 93.3 cm³/mol. The standard InChI is InChI=1S/C19H19N3O3/c23-18(22-17-6-1-2-9-20-17)12-4-3-5-13(10-12)21-19(24)15-11-14-7-8-16(15)25-14/h1-6,9-10,14-16H,7-8,11H2,(H,21,24)(H,20,22,23)/t14-,15-,16+/m1/s1. The fourth-order valence-corrected chi connectivity index (χ4v) is 3.51. The molecular formula is C19H19N3O3. The minimum Gasteiger partial charge on any atom is -0.374 e. The third-order valence-corrected chi connectivity index (χ3v) is 4.74. The van der Waals surface area contributed by atoms with Crippen molar-refractivity contribution in [3.05, 3.63) is 54.2 Å². The molecule has 0 saturated carbocycles. The van der Waals surface area contributed by atoms with E-state index in [1.807, 2.05) is 0 Å². The third-order valence-electron chi connectivity index (χ3n) is 4.74. The molecule has 1 aromatic carbocycles. The van der Waals surface area contributed by atoms with Crippen LogP contribution in [0.4, 0.5) is 11.5 Å². The molecule has 0 unspecified atom stereocenters. The quantitative estimate of drug-likeness (QED) is 0.899. The maximum atomic E-state index is 12.5. The van der Waals surface area contributed by atoms with E-state index >= 15 is 0 Å². The van der Waals surface area contributed by atoms with Crippen molar-refractivity contribution in [3.8, 4) is 0 Å². The van der Waals surface area contributed by atoms with E-state index in [0.717, 1.165) is 19.3 Å². The normalized spacial score (nSPS) is 24.1. The summed E-state index contributed by atoms with van der Waals surface area (Å²) in [5, 5.41) is 5.65. The third kappa shape index (κ3) is 3.39. The molecule has 2 amide bonds. The number of anilines is 2. The van der Waals surface area contributed by atoms with E-state index in [0.29, 0.717) is 17.1 Å². The van der Waals surface area contributed by atoms with E-state index in [-0.39, 0.29) is 29.9 Å². The molecule has 4 rings (SSSR count). The molecule has 3 heterocycles. The summed E-state index contributed by atoms with van der Waals surface area (Å²) in [7, 11) is 0. The number of amides is 2. The summed E-state index contributed by atoms with van der Waals surface area (Å²) in [5.41, 5.74) is 1.08. The number of rotatable bonds is 4. The topological polar surface area (TPSA) is 80.3 Å². The first-order valence-electron chi connectivity index (χ1n) is 8.48. The maximum absolute atomic E-state index is 12.5. The highest BCUT2D eigenvalue weighted by atomic mass is 16.5. The van der Waals surface area contributed by atoms with Gasteiger partial charge in [-0.1, -0.05) is 12.1 Å². The molecule has 25 heavy (non-hydrogen) atoms. The van der Waals surface area contributed by atoms with Crippen molar-refractivity contribution in [2.75, 3.05) is 10.6 Å². The van der Waals surface area contributed by atoms with Crippen LogP contribution in [0.1, 0.15) is 29.6 Å². The van der Waals surface area contributed by atoms with Gasteiger partial charge in [0.25, 0.3) is 5.91 Å². The van der Waals surface area contributed by atoms with Gasteiger partial charge in [-0.3, -0.25) is 9.59 Å². The van der Waals surface area contributed by atoms with Crippen molar-refractivity contribution in [1.29, 1.82) is 0 Å². The molecule has 2 aliphatic heterocycles. The first-order chi connectivity index (χ1) is 12.2. The van der Waals surface area contributed by atoms with Crippen LogP contribution in [-0.2, 0) is 9.53 Å². The van der Waals surface area contributed by atoms with E-state index in [9.17, 15) is 9.59 Å². The number of carbonyl (C=O) groups excluding carboxylic acids is 2. The smallest absolute Gasteiger partial charge is 0.256 e. The zero-order valence-corrected chi connectivity index (χ0v) is 13.6. The van der Waals surface area contributed by atoms with Gasteiger partial charge in [-0.05, 0) is 49.6 Å². The second-order valence-electron chi connectivity index (χ2n) is 6.46. The SMILES string of the molecule is O=C(Nc1ccccn1)c1cccc(NC(=O)[C@@H]2C[C@H]3CC[C@@H]2O3)c1. The van der Waals surface area contributed by atoms with Crippen LogP contribution in [0.15, 0.2) is 48.7 Å². The molecule has 2 N–H and O–H groups in total. The number of hydrogen-bond donors (Lipinski definition) is 2. The van der Waals surface area contributed by atoms with Crippen LogP contribution in [0.3, 0.4) is 0 Å². The van der Waals surface area contributed by atoms with Crippen LogP contribution in [-0.4, -0.2) is 29.0 Å². The van der Waals surface area contributed by atoms with Gasteiger partial charge in [0.2, 0.25) is 5.91 Å². The van der Waals surface area contributed by atoms with Gasteiger partial charge in [0, 0.05) is 17.4 Å². The second kappa shape index (κ2) is 6.64. The maximum Gasteiger partial charge on any atom is 0.256 e. The average molecular weight is 337 g/mol. The number of carbonyl (C=O) groups is 2. The zero-order valence-electron chi connectivity index (χ0n) is 13.6. The number of nitrogens with zero attached hydrogens (tertiary/aromatic N) is 1. The molecule has 1 aromatic heterocycles. The summed E-state index contributed by atoms with van der Waals surface area (Å²) >= 11 is 0. The Bertz CT molecular complexity index is 794. The minimum absolute atomic E-state index is 0.0329. The van der Waals surface area contributed by atoms with Crippen LogP contribution < -0.4 is 10.6 Å². The molecule has 2 saturated heterocycles. The largest absolute Gasteiger partial charge is 0.374 e. The van der Waals surface area contributed by atoms with E-state index in [1.165, 1.54) is 0 Å². The molecule has 3 atom stereocenters. The van der Waals surface area contributed by atoms with Crippen LogP contribution in [0.2, 0.25) is 0 Å². The number of benzene rings is 1. The Balaban J connectivity index is 1.42. The Morgan fingerprint density at radius 1 is 1.08 bits per heavy atom. The molecule has 0 aliphatic carbocycles. The first-order valence-corrected chi connectivity index (χ1v) is 8.48. The van der Waals surface area contributed by atoms with Crippen molar-refractivity contribution in [2.45, 2.75) is 31.5 Å². The number of nitrogens with one attached hydrogen (secondary N) is 2. The molecule has 6 nitrogen and oxygen atoms in total. The predicted octanol–water partition coefficient (Wildman–Crippen LogP) is 2.84. The van der Waals surface area contributed by atoms with Gasteiger partial charge in [0.15, 0.2) is 0 Å². The fourth-order valence-electron chi connectivity index (χ4n) is 3.51. The monoisotopic (exact) mass is 337 g/mol. The van der Waals surface area contributed by atoms with Crippen LogP contribution >= 0.6 is 0 Å². The summed E-state index contributed by atoms with van der Waals surface area (Å²) in [6, 6.07) is 12.2. The van der Waals surface area contributed by atoms with Crippen molar-refractivity contribution in [2.24, 2.45) is 5.92 Å². The van der Waals surface area contributed by atoms with Gasteiger partial charge in [0.1, 0.15) is 5.82 Å². The Labute approximate surface area is 145 Å². The van der Waals surface area contributed by atoms with Gasteiger partial charge in [0.05, 0.1) is 18.1 Å². The number of fused-ring (bicyclic) bond motifs is 2. The summed E-state index contributed by atoms with van der Waals surface area (Å²) in [6.45, 7) is 0. The van der Waals surface area contributed by atoms with Gasteiger partial charge in [-0.2, -0.15) is 0 Å². The molecule has 2 aromatic rings. The van der Waals surface area contributed by atoms with Crippen LogP contribution in [0.5, 0.6) is 0 Å². The second-order valence-corrected chi connectivity index (χ2v) is 6.46. The fraction of sp³-hybridized carbons (Fsp3) is 0.316.